The lowest BCUT2D eigenvalue weighted by Crippen LogP contribution is -2.43. The molecule has 0 radical (unpaired) electrons. The molecule has 1 saturated heterocycles. The smallest absolute Gasteiger partial charge is 0.382 e. The Morgan fingerprint density at radius 3 is 2.73 bits per heavy atom. The normalized spacial score (nSPS) is 23.9. The number of hydrogen-bond donors (Lipinski definition) is 2. The summed E-state index contributed by atoms with van der Waals surface area (Å²) >= 11 is 0. The molecule has 1 fully saturated rings. The van der Waals surface area contributed by atoms with E-state index in [0.29, 0.717) is 13.0 Å². The van der Waals surface area contributed by atoms with E-state index >= 15 is 0 Å². The molecule has 15 heavy (non-hydrogen) atoms. The molecule has 2 atom stereocenters. The van der Waals surface area contributed by atoms with Crippen LogP contribution in [-0.2, 0) is 9.53 Å². The van der Waals surface area contributed by atoms with Crippen molar-refractivity contribution in [1.29, 1.82) is 0 Å². The predicted molar refractivity (Wildman–Crippen MR) is 44.0 cm³/mol. The second kappa shape index (κ2) is 4.80. The van der Waals surface area contributed by atoms with Crippen LogP contribution in [0.5, 0.6) is 0 Å². The topological polar surface area (TPSA) is 58.6 Å². The van der Waals surface area contributed by atoms with Gasteiger partial charge in [0.1, 0.15) is 6.10 Å². The molecule has 1 aliphatic heterocycles. The first kappa shape index (κ1) is 12.3. The summed E-state index contributed by atoms with van der Waals surface area (Å²) < 4.78 is 40.5. The molecule has 1 aliphatic rings. The molecule has 88 valence electrons. The standard InChI is InChI=1S/C8H12F3NO3/c9-8(10,11)6(13)4-12-7(14)5-2-1-3-15-5/h5-6,13H,1-4H2,(H,12,14). The van der Waals surface area contributed by atoms with Gasteiger partial charge in [0.2, 0.25) is 5.91 Å². The largest absolute Gasteiger partial charge is 0.416 e. The number of aliphatic hydroxyl groups excluding tert-OH is 1. The Morgan fingerprint density at radius 1 is 1.60 bits per heavy atom. The first-order valence-electron chi connectivity index (χ1n) is 4.55. The van der Waals surface area contributed by atoms with Crippen molar-refractivity contribution < 1.29 is 27.8 Å². The van der Waals surface area contributed by atoms with Crippen molar-refractivity contribution in [2.24, 2.45) is 0 Å². The molecule has 2 unspecified atom stereocenters. The SMILES string of the molecule is O=C(NCC(O)C(F)(F)F)C1CCCO1. The number of alkyl halides is 3. The molecule has 0 aromatic carbocycles. The average molecular weight is 227 g/mol. The Kier molecular flexibility index (Phi) is 3.92. The van der Waals surface area contributed by atoms with Crippen LogP contribution in [0.25, 0.3) is 0 Å². The number of nitrogens with one attached hydrogen (secondary N) is 1. The zero-order chi connectivity index (χ0) is 11.5. The summed E-state index contributed by atoms with van der Waals surface area (Å²) in [6, 6.07) is 0. The maximum atomic E-state index is 11.8. The second-order valence-corrected chi connectivity index (χ2v) is 3.30. The van der Waals surface area contributed by atoms with E-state index in [-0.39, 0.29) is 0 Å². The molecule has 7 heteroatoms. The molecule has 0 bridgehead atoms. The lowest BCUT2D eigenvalue weighted by atomic mass is 10.2. The van der Waals surface area contributed by atoms with Crippen LogP contribution in [0.4, 0.5) is 13.2 Å². The zero-order valence-corrected chi connectivity index (χ0v) is 7.88. The van der Waals surface area contributed by atoms with E-state index in [1.165, 1.54) is 0 Å². The Labute approximate surface area is 84.4 Å². The van der Waals surface area contributed by atoms with Gasteiger partial charge in [0.15, 0.2) is 6.10 Å². The van der Waals surface area contributed by atoms with Crippen molar-refractivity contribution in [1.82, 2.24) is 5.32 Å². The molecule has 2 N–H and O–H groups in total. The van der Waals surface area contributed by atoms with Gasteiger partial charge in [-0.05, 0) is 12.8 Å². The van der Waals surface area contributed by atoms with E-state index in [1.54, 1.807) is 0 Å². The summed E-state index contributed by atoms with van der Waals surface area (Å²) in [5.74, 6) is -0.601. The van der Waals surface area contributed by atoms with Crippen LogP contribution in [-0.4, -0.2) is 42.5 Å². The number of carbonyl (C=O) groups excluding carboxylic acids is 1. The van der Waals surface area contributed by atoms with Crippen molar-refractivity contribution in [3.63, 3.8) is 0 Å². The average Bonchev–Trinajstić information content (AvgIpc) is 2.64. The van der Waals surface area contributed by atoms with Gasteiger partial charge in [-0.2, -0.15) is 13.2 Å². The van der Waals surface area contributed by atoms with Gasteiger partial charge >= 0.3 is 6.18 Å². The highest BCUT2D eigenvalue weighted by molar-refractivity contribution is 5.80. The number of ether oxygens (including phenoxy) is 1. The highest BCUT2D eigenvalue weighted by atomic mass is 19.4. The molecule has 0 aromatic rings. The minimum absolute atomic E-state index is 0.444. The minimum atomic E-state index is -4.70. The molecule has 0 saturated carbocycles. The van der Waals surface area contributed by atoms with Gasteiger partial charge in [-0.1, -0.05) is 0 Å². The quantitative estimate of drug-likeness (QED) is 0.724. The maximum Gasteiger partial charge on any atom is 0.416 e. The fraction of sp³-hybridized carbons (Fsp3) is 0.875. The molecule has 4 nitrogen and oxygen atoms in total. The third-order valence-electron chi connectivity index (χ3n) is 2.07. The van der Waals surface area contributed by atoms with Crippen LogP contribution < -0.4 is 5.32 Å². The van der Waals surface area contributed by atoms with Crippen molar-refractivity contribution in [2.75, 3.05) is 13.2 Å². The Balaban J connectivity index is 2.27. The fourth-order valence-corrected chi connectivity index (χ4v) is 1.21. The van der Waals surface area contributed by atoms with Gasteiger partial charge in [0.25, 0.3) is 0 Å². The van der Waals surface area contributed by atoms with Crippen LogP contribution in [0.15, 0.2) is 0 Å². The van der Waals surface area contributed by atoms with Crippen LogP contribution in [0.2, 0.25) is 0 Å². The fourth-order valence-electron chi connectivity index (χ4n) is 1.21. The Morgan fingerprint density at radius 2 is 2.27 bits per heavy atom. The molecule has 1 heterocycles. The molecule has 0 aliphatic carbocycles. The molecular weight excluding hydrogens is 215 g/mol. The summed E-state index contributed by atoms with van der Waals surface area (Å²) in [6.45, 7) is -0.387. The monoisotopic (exact) mass is 227 g/mol. The van der Waals surface area contributed by atoms with E-state index in [4.69, 9.17) is 9.84 Å². The summed E-state index contributed by atoms with van der Waals surface area (Å²) in [5, 5.41) is 10.6. The van der Waals surface area contributed by atoms with E-state index in [2.05, 4.69) is 0 Å². The molecule has 1 amide bonds. The van der Waals surface area contributed by atoms with Crippen molar-refractivity contribution >= 4 is 5.91 Å². The highest BCUT2D eigenvalue weighted by Crippen LogP contribution is 2.19. The summed E-state index contributed by atoms with van der Waals surface area (Å²) in [7, 11) is 0. The van der Waals surface area contributed by atoms with Crippen LogP contribution >= 0.6 is 0 Å². The number of hydrogen-bond acceptors (Lipinski definition) is 3. The van der Waals surface area contributed by atoms with Gasteiger partial charge in [-0.3, -0.25) is 4.79 Å². The lowest BCUT2D eigenvalue weighted by molar-refractivity contribution is -0.202. The van der Waals surface area contributed by atoms with Gasteiger partial charge in [-0.25, -0.2) is 0 Å². The number of halogens is 3. The van der Waals surface area contributed by atoms with Gasteiger partial charge in [-0.15, -0.1) is 0 Å². The van der Waals surface area contributed by atoms with Crippen LogP contribution in [0.3, 0.4) is 0 Å². The Bertz CT molecular complexity index is 226. The molecule has 0 spiro atoms. The zero-order valence-electron chi connectivity index (χ0n) is 7.88. The highest BCUT2D eigenvalue weighted by Gasteiger charge is 2.38. The van der Waals surface area contributed by atoms with Crippen molar-refractivity contribution in [3.05, 3.63) is 0 Å². The van der Waals surface area contributed by atoms with Gasteiger partial charge in [0, 0.05) is 6.61 Å². The number of rotatable bonds is 3. The first-order valence-corrected chi connectivity index (χ1v) is 4.55. The number of carbonyl (C=O) groups is 1. The lowest BCUT2D eigenvalue weighted by Gasteiger charge is -2.16. The first-order chi connectivity index (χ1) is 6.91. The molecule has 0 aromatic heterocycles. The third kappa shape index (κ3) is 3.67. The van der Waals surface area contributed by atoms with E-state index in [1.807, 2.05) is 5.32 Å². The summed E-state index contributed by atoms with van der Waals surface area (Å²) in [5.41, 5.74) is 0. The number of amides is 1. The van der Waals surface area contributed by atoms with Crippen molar-refractivity contribution in [2.45, 2.75) is 31.2 Å². The van der Waals surface area contributed by atoms with E-state index in [0.717, 1.165) is 6.42 Å². The van der Waals surface area contributed by atoms with Crippen molar-refractivity contribution in [3.8, 4) is 0 Å². The summed E-state index contributed by atoms with van der Waals surface area (Å²) in [6.07, 6.45) is -6.68. The van der Waals surface area contributed by atoms with Crippen LogP contribution in [0.1, 0.15) is 12.8 Å². The molecular formula is C8H12F3NO3. The van der Waals surface area contributed by atoms with Gasteiger partial charge < -0.3 is 15.2 Å². The predicted octanol–water partition coefficient (Wildman–Crippen LogP) is 0.205. The van der Waals surface area contributed by atoms with Crippen LogP contribution in [0, 0.1) is 0 Å². The van der Waals surface area contributed by atoms with Gasteiger partial charge in [0.05, 0.1) is 6.54 Å². The van der Waals surface area contributed by atoms with E-state index < -0.39 is 30.8 Å². The van der Waals surface area contributed by atoms with E-state index in [9.17, 15) is 18.0 Å². The second-order valence-electron chi connectivity index (χ2n) is 3.30. The maximum absolute atomic E-state index is 11.8. The minimum Gasteiger partial charge on any atom is -0.382 e. The number of aliphatic hydroxyl groups is 1. The third-order valence-corrected chi connectivity index (χ3v) is 2.07. The Hall–Kier alpha value is -0.820. The summed E-state index contributed by atoms with van der Waals surface area (Å²) in [4.78, 5) is 11.2. The molecule has 1 rings (SSSR count).